The molecule has 0 saturated carbocycles. The number of nitrogens with one attached hydrogen (secondary N) is 1. The second-order valence-electron chi connectivity index (χ2n) is 5.30. The number of amides is 1. The van der Waals surface area contributed by atoms with E-state index in [1.807, 2.05) is 30.3 Å². The van der Waals surface area contributed by atoms with E-state index < -0.39 is 15.2 Å². The van der Waals surface area contributed by atoms with Crippen LogP contribution in [0.25, 0.3) is 0 Å². The maximum atomic E-state index is 12.0. The molecule has 0 aliphatic carbocycles. The van der Waals surface area contributed by atoms with Crippen molar-refractivity contribution in [3.05, 3.63) is 35.9 Å². The fourth-order valence-electron chi connectivity index (χ4n) is 2.08. The van der Waals surface area contributed by atoms with Crippen molar-refractivity contribution in [3.63, 3.8) is 0 Å². The van der Waals surface area contributed by atoms with Crippen molar-refractivity contribution in [2.24, 2.45) is 0 Å². The van der Waals surface area contributed by atoms with Gasteiger partial charge in [0.1, 0.15) is 5.37 Å². The van der Waals surface area contributed by atoms with E-state index in [1.54, 1.807) is 0 Å². The van der Waals surface area contributed by atoms with Crippen molar-refractivity contribution < 1.29 is 18.3 Å². The van der Waals surface area contributed by atoms with Crippen LogP contribution in [0.15, 0.2) is 30.3 Å². The Morgan fingerprint density at radius 1 is 1.32 bits per heavy atom. The van der Waals surface area contributed by atoms with Crippen molar-refractivity contribution in [1.82, 2.24) is 5.32 Å². The summed E-state index contributed by atoms with van der Waals surface area (Å²) in [4.78, 5) is 12.0. The van der Waals surface area contributed by atoms with E-state index in [9.17, 15) is 13.2 Å². The Hall–Kier alpha value is -1.05. The highest BCUT2D eigenvalue weighted by molar-refractivity contribution is 7.91. The monoisotopic (exact) mass is 345 g/mol. The molecule has 0 saturated heterocycles. The van der Waals surface area contributed by atoms with Crippen molar-refractivity contribution in [2.75, 3.05) is 12.9 Å². The fraction of sp³-hybridized carbons (Fsp3) is 0.533. The van der Waals surface area contributed by atoms with Gasteiger partial charge in [-0.2, -0.15) is 12.6 Å². The SMILES string of the molecule is CS(=O)(=O)C(CCCO)NC(=O)CC(S)Cc1ccccc1. The molecule has 5 nitrogen and oxygen atoms in total. The standard InChI is InChI=1S/C15H23NO4S2/c1-22(19,20)15(8-5-9-17)16-14(18)11-13(21)10-12-6-3-2-4-7-12/h2-4,6-7,13,15,17,21H,5,8-11H2,1H3,(H,16,18). The maximum absolute atomic E-state index is 12.0. The van der Waals surface area contributed by atoms with Crippen LogP contribution in [-0.4, -0.2) is 42.9 Å². The number of hydrogen-bond donors (Lipinski definition) is 3. The number of aliphatic hydroxyl groups is 1. The van der Waals surface area contributed by atoms with Gasteiger partial charge in [-0.1, -0.05) is 30.3 Å². The second-order valence-corrected chi connectivity index (χ2v) is 8.26. The summed E-state index contributed by atoms with van der Waals surface area (Å²) >= 11 is 4.40. The summed E-state index contributed by atoms with van der Waals surface area (Å²) in [7, 11) is -3.39. The lowest BCUT2D eigenvalue weighted by Gasteiger charge is -2.18. The van der Waals surface area contributed by atoms with E-state index in [4.69, 9.17) is 5.11 Å². The first-order chi connectivity index (χ1) is 10.3. The minimum Gasteiger partial charge on any atom is -0.396 e. The molecule has 0 fully saturated rings. The number of sulfone groups is 1. The Morgan fingerprint density at radius 2 is 1.95 bits per heavy atom. The van der Waals surface area contributed by atoms with Gasteiger partial charge >= 0.3 is 0 Å². The Kier molecular flexibility index (Phi) is 7.92. The van der Waals surface area contributed by atoms with E-state index in [-0.39, 0.29) is 30.6 Å². The molecule has 1 aromatic rings. The summed E-state index contributed by atoms with van der Waals surface area (Å²) in [6.07, 6.45) is 2.39. The summed E-state index contributed by atoms with van der Waals surface area (Å²) < 4.78 is 23.3. The first-order valence-electron chi connectivity index (χ1n) is 7.14. The van der Waals surface area contributed by atoms with Crippen molar-refractivity contribution in [2.45, 2.75) is 36.3 Å². The van der Waals surface area contributed by atoms with Gasteiger partial charge in [0.25, 0.3) is 0 Å². The molecule has 0 aliphatic heterocycles. The molecule has 124 valence electrons. The molecular weight excluding hydrogens is 322 g/mol. The van der Waals surface area contributed by atoms with Crippen LogP contribution in [0.1, 0.15) is 24.8 Å². The quantitative estimate of drug-likeness (QED) is 0.587. The van der Waals surface area contributed by atoms with Gasteiger partial charge in [0.15, 0.2) is 9.84 Å². The first kappa shape index (κ1) is 19.0. The van der Waals surface area contributed by atoms with Crippen LogP contribution >= 0.6 is 12.6 Å². The molecule has 1 rings (SSSR count). The third kappa shape index (κ3) is 7.29. The lowest BCUT2D eigenvalue weighted by atomic mass is 10.1. The average molecular weight is 345 g/mol. The number of carbonyl (C=O) groups excluding carboxylic acids is 1. The molecule has 0 heterocycles. The van der Waals surface area contributed by atoms with Crippen LogP contribution in [0.3, 0.4) is 0 Å². The predicted molar refractivity (Wildman–Crippen MR) is 90.6 cm³/mol. The highest BCUT2D eigenvalue weighted by Gasteiger charge is 2.23. The number of hydrogen-bond acceptors (Lipinski definition) is 5. The average Bonchev–Trinajstić information content (AvgIpc) is 2.43. The van der Waals surface area contributed by atoms with E-state index in [2.05, 4.69) is 17.9 Å². The number of carbonyl (C=O) groups is 1. The summed E-state index contributed by atoms with van der Waals surface area (Å²) in [6.45, 7) is -0.106. The molecule has 7 heteroatoms. The van der Waals surface area contributed by atoms with Gasteiger partial charge in [0.2, 0.25) is 5.91 Å². The van der Waals surface area contributed by atoms with Gasteiger partial charge in [-0.15, -0.1) is 0 Å². The molecule has 0 aromatic heterocycles. The topological polar surface area (TPSA) is 83.5 Å². The largest absolute Gasteiger partial charge is 0.396 e. The summed E-state index contributed by atoms with van der Waals surface area (Å²) in [5.74, 6) is -0.343. The summed E-state index contributed by atoms with van der Waals surface area (Å²) in [5, 5.41) is 10.2. The summed E-state index contributed by atoms with van der Waals surface area (Å²) in [5.41, 5.74) is 1.08. The Bertz CT molecular complexity index is 560. The number of benzene rings is 1. The number of aliphatic hydroxyl groups excluding tert-OH is 1. The van der Waals surface area contributed by atoms with Crippen molar-refractivity contribution in [1.29, 1.82) is 0 Å². The molecule has 2 N–H and O–H groups in total. The van der Waals surface area contributed by atoms with Crippen molar-refractivity contribution in [3.8, 4) is 0 Å². The molecule has 0 radical (unpaired) electrons. The molecule has 22 heavy (non-hydrogen) atoms. The highest BCUT2D eigenvalue weighted by Crippen LogP contribution is 2.12. The van der Waals surface area contributed by atoms with E-state index in [0.29, 0.717) is 12.8 Å². The van der Waals surface area contributed by atoms with Gasteiger partial charge in [0.05, 0.1) is 0 Å². The number of rotatable bonds is 9. The Labute approximate surface area is 137 Å². The van der Waals surface area contributed by atoms with Crippen LogP contribution in [0.5, 0.6) is 0 Å². The van der Waals surface area contributed by atoms with Crippen LogP contribution in [0.2, 0.25) is 0 Å². The molecule has 1 amide bonds. The zero-order valence-corrected chi connectivity index (χ0v) is 14.3. The predicted octanol–water partition coefficient (Wildman–Crippen LogP) is 1.18. The molecule has 0 spiro atoms. The number of thiol groups is 1. The second kappa shape index (κ2) is 9.17. The third-order valence-electron chi connectivity index (χ3n) is 3.20. The lowest BCUT2D eigenvalue weighted by molar-refractivity contribution is -0.121. The highest BCUT2D eigenvalue weighted by atomic mass is 32.2. The van der Waals surface area contributed by atoms with Gasteiger partial charge in [-0.05, 0) is 24.8 Å². The normalized spacial score (nSPS) is 14.3. The maximum Gasteiger partial charge on any atom is 0.222 e. The van der Waals surface area contributed by atoms with Gasteiger partial charge < -0.3 is 10.4 Å². The van der Waals surface area contributed by atoms with E-state index in [1.165, 1.54) is 0 Å². The lowest BCUT2D eigenvalue weighted by Crippen LogP contribution is -2.41. The molecule has 0 aliphatic rings. The minimum absolute atomic E-state index is 0.106. The molecule has 1 aromatic carbocycles. The van der Waals surface area contributed by atoms with E-state index in [0.717, 1.165) is 11.8 Å². The van der Waals surface area contributed by atoms with Crippen LogP contribution in [0.4, 0.5) is 0 Å². The van der Waals surface area contributed by atoms with Gasteiger partial charge in [-0.25, -0.2) is 8.42 Å². The third-order valence-corrected chi connectivity index (χ3v) is 4.95. The fourth-order valence-corrected chi connectivity index (χ4v) is 3.40. The Balaban J connectivity index is 2.52. The minimum atomic E-state index is -3.39. The van der Waals surface area contributed by atoms with E-state index >= 15 is 0 Å². The smallest absolute Gasteiger partial charge is 0.222 e. The zero-order valence-electron chi connectivity index (χ0n) is 12.6. The molecule has 2 unspecified atom stereocenters. The zero-order chi connectivity index (χ0) is 16.6. The van der Waals surface area contributed by atoms with Crippen LogP contribution in [-0.2, 0) is 21.1 Å². The Morgan fingerprint density at radius 3 is 2.50 bits per heavy atom. The van der Waals surface area contributed by atoms with Gasteiger partial charge in [-0.3, -0.25) is 4.79 Å². The van der Waals surface area contributed by atoms with Gasteiger partial charge in [0, 0.05) is 24.5 Å². The molecule has 0 bridgehead atoms. The summed E-state index contributed by atoms with van der Waals surface area (Å²) in [6, 6.07) is 9.68. The first-order valence-corrected chi connectivity index (χ1v) is 9.61. The molecular formula is C15H23NO4S2. The van der Waals surface area contributed by atoms with Crippen molar-refractivity contribution >= 4 is 28.4 Å². The van der Waals surface area contributed by atoms with Crippen LogP contribution < -0.4 is 5.32 Å². The van der Waals surface area contributed by atoms with Crippen LogP contribution in [0, 0.1) is 0 Å². The molecule has 2 atom stereocenters.